The maximum atomic E-state index is 11.5. The first-order valence-electron chi connectivity index (χ1n) is 4.13. The van der Waals surface area contributed by atoms with E-state index in [2.05, 4.69) is 10.6 Å². The molecular formula is C9H6Cl2N2OS. The van der Waals surface area contributed by atoms with Gasteiger partial charge in [0.2, 0.25) is 0 Å². The van der Waals surface area contributed by atoms with Crippen molar-refractivity contribution in [3.63, 3.8) is 0 Å². The Hall–Kier alpha value is -0.840. The van der Waals surface area contributed by atoms with Crippen molar-refractivity contribution in [2.45, 2.75) is 6.04 Å². The van der Waals surface area contributed by atoms with Crippen LogP contribution >= 0.6 is 35.4 Å². The number of halogens is 2. The number of nitrogens with one attached hydrogen (secondary N) is 2. The fourth-order valence-electron chi connectivity index (χ4n) is 1.39. The van der Waals surface area contributed by atoms with Gasteiger partial charge in [-0.05, 0) is 36.0 Å². The smallest absolute Gasteiger partial charge is 0.253 e. The molecule has 78 valence electrons. The number of benzene rings is 1. The second kappa shape index (κ2) is 3.96. The summed E-state index contributed by atoms with van der Waals surface area (Å²) in [5, 5.41) is 6.63. The fraction of sp³-hybridized carbons (Fsp3) is 0.111. The average molecular weight is 261 g/mol. The van der Waals surface area contributed by atoms with E-state index in [-0.39, 0.29) is 5.91 Å². The minimum atomic E-state index is -0.506. The molecule has 1 aliphatic heterocycles. The topological polar surface area (TPSA) is 41.1 Å². The van der Waals surface area contributed by atoms with E-state index in [9.17, 15) is 4.79 Å². The fourth-order valence-corrected chi connectivity index (χ4v) is 2.15. The number of rotatable bonds is 1. The van der Waals surface area contributed by atoms with Crippen LogP contribution in [-0.4, -0.2) is 11.0 Å². The monoisotopic (exact) mass is 260 g/mol. The zero-order valence-electron chi connectivity index (χ0n) is 7.38. The normalized spacial score (nSPS) is 20.0. The van der Waals surface area contributed by atoms with Crippen molar-refractivity contribution in [3.8, 4) is 0 Å². The predicted octanol–water partition coefficient (Wildman–Crippen LogP) is 2.04. The second-order valence-corrected chi connectivity index (χ2v) is 4.38. The Bertz CT molecular complexity index is 429. The van der Waals surface area contributed by atoms with Crippen molar-refractivity contribution >= 4 is 46.4 Å². The highest BCUT2D eigenvalue weighted by molar-refractivity contribution is 7.80. The Morgan fingerprint density at radius 2 is 1.80 bits per heavy atom. The molecule has 0 aliphatic carbocycles. The SMILES string of the molecule is O=C1NC(=S)NC1c1cc(Cl)cc(Cl)c1. The molecule has 1 amide bonds. The highest BCUT2D eigenvalue weighted by Crippen LogP contribution is 2.24. The molecule has 1 heterocycles. The largest absolute Gasteiger partial charge is 0.347 e. The van der Waals surface area contributed by atoms with Crippen LogP contribution in [0, 0.1) is 0 Å². The molecule has 0 spiro atoms. The molecule has 1 fully saturated rings. The van der Waals surface area contributed by atoms with Crippen LogP contribution in [0.4, 0.5) is 0 Å². The lowest BCUT2D eigenvalue weighted by Crippen LogP contribution is -2.21. The first-order valence-corrected chi connectivity index (χ1v) is 5.30. The Kier molecular flexibility index (Phi) is 2.82. The molecule has 0 saturated carbocycles. The van der Waals surface area contributed by atoms with Crippen LogP contribution in [0.1, 0.15) is 11.6 Å². The van der Waals surface area contributed by atoms with Crippen molar-refractivity contribution in [1.29, 1.82) is 0 Å². The molecule has 6 heteroatoms. The number of thiocarbonyl (C=S) groups is 1. The Labute approximate surface area is 102 Å². The summed E-state index contributed by atoms with van der Waals surface area (Å²) in [6.07, 6.45) is 0. The summed E-state index contributed by atoms with van der Waals surface area (Å²) in [4.78, 5) is 11.5. The van der Waals surface area contributed by atoms with Crippen molar-refractivity contribution < 1.29 is 4.79 Å². The van der Waals surface area contributed by atoms with E-state index in [0.717, 1.165) is 0 Å². The van der Waals surface area contributed by atoms with Gasteiger partial charge in [0.25, 0.3) is 5.91 Å². The molecule has 2 rings (SSSR count). The molecule has 1 aromatic rings. The zero-order chi connectivity index (χ0) is 11.0. The van der Waals surface area contributed by atoms with Gasteiger partial charge in [0, 0.05) is 10.0 Å². The van der Waals surface area contributed by atoms with Gasteiger partial charge in [-0.2, -0.15) is 0 Å². The van der Waals surface area contributed by atoms with E-state index in [0.29, 0.717) is 20.7 Å². The molecule has 0 radical (unpaired) electrons. The Morgan fingerprint density at radius 3 is 2.27 bits per heavy atom. The molecular weight excluding hydrogens is 255 g/mol. The lowest BCUT2D eigenvalue weighted by atomic mass is 10.1. The Morgan fingerprint density at radius 1 is 1.20 bits per heavy atom. The third kappa shape index (κ3) is 2.22. The van der Waals surface area contributed by atoms with Crippen molar-refractivity contribution in [3.05, 3.63) is 33.8 Å². The molecule has 15 heavy (non-hydrogen) atoms. The summed E-state index contributed by atoms with van der Waals surface area (Å²) in [6.45, 7) is 0. The predicted molar refractivity (Wildman–Crippen MR) is 63.1 cm³/mol. The van der Waals surface area contributed by atoms with E-state index >= 15 is 0 Å². The van der Waals surface area contributed by atoms with Crippen LogP contribution in [0.25, 0.3) is 0 Å². The number of amides is 1. The molecule has 2 N–H and O–H groups in total. The van der Waals surface area contributed by atoms with Gasteiger partial charge in [-0.15, -0.1) is 0 Å². The van der Waals surface area contributed by atoms with Crippen LogP contribution in [0.15, 0.2) is 18.2 Å². The summed E-state index contributed by atoms with van der Waals surface area (Å²) in [6, 6.07) is 4.46. The first-order chi connectivity index (χ1) is 7.06. The van der Waals surface area contributed by atoms with Crippen molar-refractivity contribution in [1.82, 2.24) is 10.6 Å². The van der Waals surface area contributed by atoms with Crippen molar-refractivity contribution in [2.24, 2.45) is 0 Å². The van der Waals surface area contributed by atoms with E-state index in [1.54, 1.807) is 18.2 Å². The molecule has 0 aromatic heterocycles. The summed E-state index contributed by atoms with van der Waals surface area (Å²) < 4.78 is 0. The van der Waals surface area contributed by atoms with Gasteiger partial charge in [-0.25, -0.2) is 0 Å². The highest BCUT2D eigenvalue weighted by Gasteiger charge is 2.28. The Balaban J connectivity index is 2.37. The standard InChI is InChI=1S/C9H6Cl2N2OS/c10-5-1-4(2-6(11)3-5)7-8(14)13-9(15)12-7/h1-3,7H,(H2,12,13,14,15). The molecule has 1 saturated heterocycles. The van der Waals surface area contributed by atoms with E-state index < -0.39 is 6.04 Å². The maximum absolute atomic E-state index is 11.5. The highest BCUT2D eigenvalue weighted by atomic mass is 35.5. The maximum Gasteiger partial charge on any atom is 0.253 e. The summed E-state index contributed by atoms with van der Waals surface area (Å²) in [5.74, 6) is -0.196. The zero-order valence-corrected chi connectivity index (χ0v) is 9.71. The van der Waals surface area contributed by atoms with Crippen LogP contribution < -0.4 is 10.6 Å². The lowest BCUT2D eigenvalue weighted by Gasteiger charge is -2.08. The molecule has 1 aromatic carbocycles. The third-order valence-electron chi connectivity index (χ3n) is 1.99. The number of carbonyl (C=O) groups is 1. The van der Waals surface area contributed by atoms with Crippen LogP contribution in [0.3, 0.4) is 0 Å². The number of carbonyl (C=O) groups excluding carboxylic acids is 1. The molecule has 0 bridgehead atoms. The van der Waals surface area contributed by atoms with Crippen LogP contribution in [0.5, 0.6) is 0 Å². The van der Waals surface area contributed by atoms with Crippen LogP contribution in [0.2, 0.25) is 10.0 Å². The van der Waals surface area contributed by atoms with Crippen molar-refractivity contribution in [2.75, 3.05) is 0 Å². The quantitative estimate of drug-likeness (QED) is 0.760. The van der Waals surface area contributed by atoms with Gasteiger partial charge in [0.1, 0.15) is 6.04 Å². The van der Waals surface area contributed by atoms with Gasteiger partial charge in [0.05, 0.1) is 0 Å². The van der Waals surface area contributed by atoms with Gasteiger partial charge in [-0.3, -0.25) is 4.79 Å². The van der Waals surface area contributed by atoms with Gasteiger partial charge < -0.3 is 10.6 Å². The average Bonchev–Trinajstić information content (AvgIpc) is 2.43. The van der Waals surface area contributed by atoms with E-state index in [1.807, 2.05) is 0 Å². The summed E-state index contributed by atoms with van der Waals surface area (Å²) >= 11 is 16.5. The first kappa shape index (κ1) is 10.7. The number of hydrogen-bond donors (Lipinski definition) is 2. The summed E-state index contributed by atoms with van der Waals surface area (Å²) in [5.41, 5.74) is 0.699. The summed E-state index contributed by atoms with van der Waals surface area (Å²) in [7, 11) is 0. The second-order valence-electron chi connectivity index (χ2n) is 3.10. The van der Waals surface area contributed by atoms with Crippen LogP contribution in [-0.2, 0) is 4.79 Å². The molecule has 3 nitrogen and oxygen atoms in total. The van der Waals surface area contributed by atoms with Gasteiger partial charge in [-0.1, -0.05) is 23.2 Å². The van der Waals surface area contributed by atoms with E-state index in [4.69, 9.17) is 35.4 Å². The molecule has 1 unspecified atom stereocenters. The molecule has 1 aliphatic rings. The van der Waals surface area contributed by atoms with Gasteiger partial charge in [0.15, 0.2) is 5.11 Å². The lowest BCUT2D eigenvalue weighted by molar-refractivity contribution is -0.120. The van der Waals surface area contributed by atoms with E-state index in [1.165, 1.54) is 0 Å². The minimum absolute atomic E-state index is 0.196. The third-order valence-corrected chi connectivity index (χ3v) is 2.65. The van der Waals surface area contributed by atoms with Gasteiger partial charge >= 0.3 is 0 Å². The molecule has 1 atom stereocenters. The number of hydrogen-bond acceptors (Lipinski definition) is 2. The minimum Gasteiger partial charge on any atom is -0.347 e.